The van der Waals surface area contributed by atoms with E-state index < -0.39 is 9.84 Å². The minimum absolute atomic E-state index is 0.219. The highest BCUT2D eigenvalue weighted by atomic mass is 32.2. The van der Waals surface area contributed by atoms with Gasteiger partial charge >= 0.3 is 0 Å². The molecule has 0 radical (unpaired) electrons. The molecule has 8 heteroatoms. The first kappa shape index (κ1) is 23.2. The molecule has 0 aliphatic heterocycles. The number of benzene rings is 2. The molecule has 0 atom stereocenters. The van der Waals surface area contributed by atoms with E-state index in [1.54, 1.807) is 43.0 Å². The Hall–Kier alpha value is -2.06. The third kappa shape index (κ3) is 8.06. The second kappa shape index (κ2) is 11.2. The molecule has 0 fully saturated rings. The molecule has 2 N–H and O–H groups in total. The van der Waals surface area contributed by atoms with E-state index in [2.05, 4.69) is 15.6 Å². The van der Waals surface area contributed by atoms with Crippen LogP contribution < -0.4 is 10.6 Å². The molecule has 0 bridgehead atoms. The van der Waals surface area contributed by atoms with Gasteiger partial charge in [-0.15, -0.1) is 11.8 Å². The average Bonchev–Trinajstić information content (AvgIpc) is 2.66. The summed E-state index contributed by atoms with van der Waals surface area (Å²) in [5.74, 6) is 1.43. The molecule has 0 aromatic heterocycles. The van der Waals surface area contributed by atoms with E-state index in [-0.39, 0.29) is 5.82 Å². The lowest BCUT2D eigenvalue weighted by Gasteiger charge is -2.12. The van der Waals surface area contributed by atoms with Gasteiger partial charge in [-0.05, 0) is 67.5 Å². The molecular weight excluding hydrogens is 409 g/mol. The molecule has 0 spiro atoms. The number of nitrogens with one attached hydrogen (secondary N) is 2. The Morgan fingerprint density at radius 1 is 1.14 bits per heavy atom. The van der Waals surface area contributed by atoms with Crippen molar-refractivity contribution >= 4 is 27.6 Å². The maximum absolute atomic E-state index is 12.9. The van der Waals surface area contributed by atoms with Crippen molar-refractivity contribution in [1.82, 2.24) is 10.6 Å². The molecule has 0 saturated carbocycles. The van der Waals surface area contributed by atoms with Crippen molar-refractivity contribution in [3.05, 3.63) is 59.4 Å². The minimum Gasteiger partial charge on any atom is -0.357 e. The van der Waals surface area contributed by atoms with Crippen molar-refractivity contribution in [2.75, 3.05) is 25.1 Å². The van der Waals surface area contributed by atoms with Crippen LogP contribution in [0, 0.1) is 12.7 Å². The molecule has 0 aliphatic carbocycles. The fourth-order valence-corrected chi connectivity index (χ4v) is 4.55. The lowest BCUT2D eigenvalue weighted by molar-refractivity contribution is 0.601. The Morgan fingerprint density at radius 2 is 1.86 bits per heavy atom. The molecule has 2 aromatic rings. The van der Waals surface area contributed by atoms with Crippen LogP contribution in [0.3, 0.4) is 0 Å². The number of rotatable bonds is 9. The molecule has 0 aliphatic rings. The molecule has 0 amide bonds. The predicted octanol–water partition coefficient (Wildman–Crippen LogP) is 3.78. The summed E-state index contributed by atoms with van der Waals surface area (Å²) in [6.45, 7) is 5.79. The second-order valence-electron chi connectivity index (χ2n) is 6.65. The van der Waals surface area contributed by atoms with Crippen molar-refractivity contribution in [2.24, 2.45) is 4.99 Å². The average molecular weight is 438 g/mol. The Kier molecular flexibility index (Phi) is 8.98. The molecule has 5 nitrogen and oxygen atoms in total. The fourth-order valence-electron chi connectivity index (χ4n) is 2.74. The number of aryl methyl sites for hydroxylation is 1. The minimum atomic E-state index is -3.21. The summed E-state index contributed by atoms with van der Waals surface area (Å²) in [6, 6.07) is 11.8. The van der Waals surface area contributed by atoms with Crippen LogP contribution in [-0.2, 0) is 16.4 Å². The highest BCUT2D eigenvalue weighted by Crippen LogP contribution is 2.19. The topological polar surface area (TPSA) is 70.6 Å². The van der Waals surface area contributed by atoms with Crippen molar-refractivity contribution in [2.45, 2.75) is 36.6 Å². The molecule has 0 saturated heterocycles. The third-order valence-corrected chi connectivity index (χ3v) is 6.45. The number of hydrogen-bond acceptors (Lipinski definition) is 4. The summed E-state index contributed by atoms with van der Waals surface area (Å²) >= 11 is 1.69. The van der Waals surface area contributed by atoms with Gasteiger partial charge in [-0.1, -0.05) is 12.1 Å². The van der Waals surface area contributed by atoms with Gasteiger partial charge in [-0.3, -0.25) is 0 Å². The van der Waals surface area contributed by atoms with Crippen molar-refractivity contribution in [1.29, 1.82) is 0 Å². The van der Waals surface area contributed by atoms with Crippen molar-refractivity contribution in [3.63, 3.8) is 0 Å². The molecule has 0 unspecified atom stereocenters. The van der Waals surface area contributed by atoms with Gasteiger partial charge in [0, 0.05) is 24.2 Å². The lowest BCUT2D eigenvalue weighted by atomic mass is 10.1. The van der Waals surface area contributed by atoms with E-state index in [1.807, 2.05) is 13.0 Å². The fraction of sp³-hybridized carbons (Fsp3) is 0.381. The summed E-state index contributed by atoms with van der Waals surface area (Å²) in [7, 11) is -3.21. The van der Waals surface area contributed by atoms with Crippen LogP contribution in [0.15, 0.2) is 57.2 Å². The summed E-state index contributed by atoms with van der Waals surface area (Å²) in [6.07, 6.45) is 2.16. The summed E-state index contributed by atoms with van der Waals surface area (Å²) in [5.41, 5.74) is 1.69. The predicted molar refractivity (Wildman–Crippen MR) is 119 cm³/mol. The second-order valence-corrected chi connectivity index (χ2v) is 9.80. The van der Waals surface area contributed by atoms with Crippen LogP contribution in [0.1, 0.15) is 24.5 Å². The highest BCUT2D eigenvalue weighted by molar-refractivity contribution is 7.99. The van der Waals surface area contributed by atoms with Crippen molar-refractivity contribution in [3.8, 4) is 0 Å². The quantitative estimate of drug-likeness (QED) is 0.270. The van der Waals surface area contributed by atoms with E-state index in [0.29, 0.717) is 11.4 Å². The maximum atomic E-state index is 12.9. The molecule has 29 heavy (non-hydrogen) atoms. The molecule has 158 valence electrons. The largest absolute Gasteiger partial charge is 0.357 e. The number of thioether (sulfide) groups is 1. The van der Waals surface area contributed by atoms with E-state index in [9.17, 15) is 12.8 Å². The lowest BCUT2D eigenvalue weighted by Crippen LogP contribution is -2.37. The van der Waals surface area contributed by atoms with Crippen LogP contribution >= 0.6 is 11.8 Å². The zero-order chi connectivity index (χ0) is 21.3. The van der Waals surface area contributed by atoms with Gasteiger partial charge in [0.1, 0.15) is 5.82 Å². The van der Waals surface area contributed by atoms with Crippen LogP contribution in [0.2, 0.25) is 0 Å². The van der Waals surface area contributed by atoms with E-state index in [4.69, 9.17) is 0 Å². The van der Waals surface area contributed by atoms with Gasteiger partial charge in [0.15, 0.2) is 15.8 Å². The Bertz CT molecular complexity index is 929. The molecule has 0 heterocycles. The highest BCUT2D eigenvalue weighted by Gasteiger charge is 2.10. The molecule has 2 aromatic carbocycles. The van der Waals surface area contributed by atoms with Crippen molar-refractivity contribution < 1.29 is 12.8 Å². The zero-order valence-corrected chi connectivity index (χ0v) is 18.7. The summed E-state index contributed by atoms with van der Waals surface area (Å²) in [5, 5.41) is 6.52. The normalized spacial score (nSPS) is 12.1. The summed E-state index contributed by atoms with van der Waals surface area (Å²) in [4.78, 5) is 5.99. The van der Waals surface area contributed by atoms with Gasteiger partial charge in [-0.2, -0.15) is 0 Å². The number of guanidine groups is 1. The number of hydrogen-bond donors (Lipinski definition) is 2. The monoisotopic (exact) mass is 437 g/mol. The SMILES string of the molecule is CCNC(=NCc1ccc(S(C)(=O)=O)c(C)c1)NCCCSc1ccc(F)cc1. The Morgan fingerprint density at radius 3 is 2.48 bits per heavy atom. The summed E-state index contributed by atoms with van der Waals surface area (Å²) < 4.78 is 36.4. The van der Waals surface area contributed by atoms with Gasteiger partial charge in [-0.25, -0.2) is 17.8 Å². The van der Waals surface area contributed by atoms with Crippen LogP contribution in [0.5, 0.6) is 0 Å². The number of sulfone groups is 1. The standard InChI is InChI=1S/C21H28FN3O2S2/c1-4-23-21(24-12-5-13-28-19-9-7-18(22)8-10-19)25-15-17-6-11-20(16(2)14-17)29(3,26)27/h6-11,14H,4-5,12-13,15H2,1-3H3,(H2,23,24,25). The van der Waals surface area contributed by atoms with Gasteiger partial charge < -0.3 is 10.6 Å². The number of aliphatic imine (C=N–C) groups is 1. The Labute approximate surface area is 177 Å². The first-order chi connectivity index (χ1) is 13.8. The maximum Gasteiger partial charge on any atom is 0.191 e. The molecular formula is C21H28FN3O2S2. The Balaban J connectivity index is 1.84. The van der Waals surface area contributed by atoms with Gasteiger partial charge in [0.2, 0.25) is 0 Å². The van der Waals surface area contributed by atoms with Crippen LogP contribution in [0.25, 0.3) is 0 Å². The van der Waals surface area contributed by atoms with E-state index in [0.717, 1.165) is 47.2 Å². The number of nitrogens with zero attached hydrogens (tertiary/aromatic N) is 1. The van der Waals surface area contributed by atoms with E-state index >= 15 is 0 Å². The van der Waals surface area contributed by atoms with Crippen LogP contribution in [-0.4, -0.2) is 39.5 Å². The van der Waals surface area contributed by atoms with Gasteiger partial charge in [0.25, 0.3) is 0 Å². The van der Waals surface area contributed by atoms with Crippen LogP contribution in [0.4, 0.5) is 4.39 Å². The first-order valence-electron chi connectivity index (χ1n) is 9.49. The van der Waals surface area contributed by atoms with Gasteiger partial charge in [0.05, 0.1) is 11.4 Å². The third-order valence-electron chi connectivity index (χ3n) is 4.10. The van der Waals surface area contributed by atoms with E-state index in [1.165, 1.54) is 18.4 Å². The first-order valence-corrected chi connectivity index (χ1v) is 12.4. The zero-order valence-electron chi connectivity index (χ0n) is 17.0. The smallest absolute Gasteiger partial charge is 0.191 e. The molecule has 2 rings (SSSR count). The number of halogens is 1.